The molecule has 0 radical (unpaired) electrons. The third kappa shape index (κ3) is 2.42. The molecule has 6 heteroatoms. The van der Waals surface area contributed by atoms with Crippen molar-refractivity contribution in [1.29, 1.82) is 0 Å². The Bertz CT molecular complexity index is 800. The van der Waals surface area contributed by atoms with Crippen LogP contribution in [-0.2, 0) is 0 Å². The minimum absolute atomic E-state index is 0.260. The minimum atomic E-state index is -0.390. The highest BCUT2D eigenvalue weighted by Gasteiger charge is 2.33. The van der Waals surface area contributed by atoms with Crippen molar-refractivity contribution < 1.29 is 14.4 Å². The van der Waals surface area contributed by atoms with E-state index in [-0.39, 0.29) is 17.4 Å². The van der Waals surface area contributed by atoms with Gasteiger partial charge in [0.15, 0.2) is 0 Å². The molecule has 0 atom stereocenters. The first-order valence-corrected chi connectivity index (χ1v) is 7.30. The van der Waals surface area contributed by atoms with Gasteiger partial charge in [-0.05, 0) is 42.5 Å². The molecule has 1 aliphatic heterocycles. The first kappa shape index (κ1) is 14.5. The second-order valence-electron chi connectivity index (χ2n) is 4.89. The number of carbonyl (C=O) groups is 3. The largest absolute Gasteiger partial charge is 0.322 e. The lowest BCUT2D eigenvalue weighted by atomic mass is 10.1. The van der Waals surface area contributed by atoms with E-state index in [4.69, 9.17) is 0 Å². The molecule has 2 aromatic carbocycles. The molecular weight excluding hydrogens is 348 g/mol. The maximum absolute atomic E-state index is 12.2. The van der Waals surface area contributed by atoms with Crippen LogP contribution in [0.2, 0.25) is 0 Å². The van der Waals surface area contributed by atoms with Crippen LogP contribution in [0.15, 0.2) is 46.9 Å². The van der Waals surface area contributed by atoms with Crippen LogP contribution in [0.1, 0.15) is 31.1 Å². The van der Waals surface area contributed by atoms with Crippen LogP contribution in [-0.4, -0.2) is 29.7 Å². The number of fused-ring (bicyclic) bond motifs is 1. The summed E-state index contributed by atoms with van der Waals surface area (Å²) in [6.07, 6.45) is 0. The Kier molecular flexibility index (Phi) is 3.54. The number of carbonyl (C=O) groups excluding carboxylic acids is 3. The van der Waals surface area contributed by atoms with Crippen LogP contribution < -0.4 is 5.32 Å². The van der Waals surface area contributed by atoms with Gasteiger partial charge in [0.25, 0.3) is 17.7 Å². The standard InChI is InChI=1S/C16H11BrN2O3/c1-19-15(21)12-7-2-9(8-13(12)16(19)22)14(20)18-11-5-3-10(17)4-6-11/h2-8H,1H3,(H,18,20). The zero-order valence-electron chi connectivity index (χ0n) is 11.6. The number of imide groups is 1. The number of hydrogen-bond donors (Lipinski definition) is 1. The zero-order chi connectivity index (χ0) is 15.9. The maximum atomic E-state index is 12.2. The number of nitrogens with one attached hydrogen (secondary N) is 1. The molecule has 110 valence electrons. The summed E-state index contributed by atoms with van der Waals surface area (Å²) in [7, 11) is 1.42. The van der Waals surface area contributed by atoms with Crippen molar-refractivity contribution in [1.82, 2.24) is 4.90 Å². The predicted molar refractivity (Wildman–Crippen MR) is 85.0 cm³/mol. The van der Waals surface area contributed by atoms with Crippen molar-refractivity contribution in [2.45, 2.75) is 0 Å². The molecular formula is C16H11BrN2O3. The molecule has 5 nitrogen and oxygen atoms in total. The number of hydrogen-bond acceptors (Lipinski definition) is 3. The number of nitrogens with zero attached hydrogens (tertiary/aromatic N) is 1. The third-order valence-electron chi connectivity index (χ3n) is 3.45. The summed E-state index contributed by atoms with van der Waals surface area (Å²) >= 11 is 3.32. The molecule has 1 aliphatic rings. The van der Waals surface area contributed by atoms with Gasteiger partial charge in [0.1, 0.15) is 0 Å². The molecule has 0 saturated heterocycles. The summed E-state index contributed by atoms with van der Waals surface area (Å²) < 4.78 is 0.912. The quantitative estimate of drug-likeness (QED) is 0.839. The fourth-order valence-electron chi connectivity index (χ4n) is 2.24. The second-order valence-corrected chi connectivity index (χ2v) is 5.81. The highest BCUT2D eigenvalue weighted by atomic mass is 79.9. The van der Waals surface area contributed by atoms with Crippen molar-refractivity contribution in [3.8, 4) is 0 Å². The van der Waals surface area contributed by atoms with Crippen LogP contribution in [0.5, 0.6) is 0 Å². The second kappa shape index (κ2) is 5.38. The maximum Gasteiger partial charge on any atom is 0.261 e. The number of anilines is 1. The summed E-state index contributed by atoms with van der Waals surface area (Å²) in [6.45, 7) is 0. The molecule has 0 fully saturated rings. The van der Waals surface area contributed by atoms with Crippen molar-refractivity contribution >= 4 is 39.3 Å². The first-order valence-electron chi connectivity index (χ1n) is 6.51. The molecule has 0 aliphatic carbocycles. The predicted octanol–water partition coefficient (Wildman–Crippen LogP) is 2.93. The van der Waals surface area contributed by atoms with E-state index in [0.29, 0.717) is 16.8 Å². The number of rotatable bonds is 2. The Morgan fingerprint density at radius 3 is 2.32 bits per heavy atom. The van der Waals surface area contributed by atoms with Crippen molar-refractivity contribution in [3.63, 3.8) is 0 Å². The topological polar surface area (TPSA) is 66.5 Å². The van der Waals surface area contributed by atoms with Gasteiger partial charge in [-0.25, -0.2) is 0 Å². The van der Waals surface area contributed by atoms with Crippen molar-refractivity contribution in [2.24, 2.45) is 0 Å². The van der Waals surface area contributed by atoms with Gasteiger partial charge in [0.05, 0.1) is 11.1 Å². The van der Waals surface area contributed by atoms with E-state index in [2.05, 4.69) is 21.2 Å². The van der Waals surface area contributed by atoms with Crippen molar-refractivity contribution in [3.05, 3.63) is 63.6 Å². The monoisotopic (exact) mass is 358 g/mol. The molecule has 3 rings (SSSR count). The molecule has 1 heterocycles. The van der Waals surface area contributed by atoms with Gasteiger partial charge in [0.2, 0.25) is 0 Å². The van der Waals surface area contributed by atoms with E-state index in [1.165, 1.54) is 25.2 Å². The molecule has 1 N–H and O–H groups in total. The zero-order valence-corrected chi connectivity index (χ0v) is 13.2. The summed E-state index contributed by atoms with van der Waals surface area (Å²) in [5, 5.41) is 2.74. The Morgan fingerprint density at radius 1 is 1.00 bits per heavy atom. The summed E-state index contributed by atoms with van der Waals surface area (Å²) in [5.41, 5.74) is 1.56. The molecule has 0 saturated carbocycles. The summed E-state index contributed by atoms with van der Waals surface area (Å²) in [4.78, 5) is 37.0. The average molecular weight is 359 g/mol. The van der Waals surface area contributed by atoms with Gasteiger partial charge in [0, 0.05) is 22.8 Å². The third-order valence-corrected chi connectivity index (χ3v) is 3.98. The van der Waals surface area contributed by atoms with Crippen LogP contribution in [0.4, 0.5) is 5.69 Å². The smallest absolute Gasteiger partial charge is 0.261 e. The lowest BCUT2D eigenvalue weighted by Crippen LogP contribution is -2.24. The van der Waals surface area contributed by atoms with Gasteiger partial charge < -0.3 is 5.32 Å². The highest BCUT2D eigenvalue weighted by molar-refractivity contribution is 9.10. The van der Waals surface area contributed by atoms with Gasteiger partial charge in [-0.2, -0.15) is 0 Å². The Balaban J connectivity index is 1.87. The lowest BCUT2D eigenvalue weighted by molar-refractivity contribution is 0.0693. The number of amides is 3. The number of halogens is 1. The van der Waals surface area contributed by atoms with Gasteiger partial charge in [-0.15, -0.1) is 0 Å². The molecule has 0 unspecified atom stereocenters. The van der Waals surface area contributed by atoms with E-state index in [9.17, 15) is 14.4 Å². The van der Waals surface area contributed by atoms with Crippen LogP contribution in [0.25, 0.3) is 0 Å². The minimum Gasteiger partial charge on any atom is -0.322 e. The molecule has 0 bridgehead atoms. The molecule has 0 spiro atoms. The fourth-order valence-corrected chi connectivity index (χ4v) is 2.50. The van der Waals surface area contributed by atoms with Crippen LogP contribution in [0.3, 0.4) is 0 Å². The average Bonchev–Trinajstić information content (AvgIpc) is 2.74. The van der Waals surface area contributed by atoms with E-state index >= 15 is 0 Å². The van der Waals surface area contributed by atoms with Crippen LogP contribution >= 0.6 is 15.9 Å². The van der Waals surface area contributed by atoms with E-state index in [1.807, 2.05) is 12.1 Å². The highest BCUT2D eigenvalue weighted by Crippen LogP contribution is 2.23. The summed E-state index contributed by atoms with van der Waals surface area (Å²) in [6, 6.07) is 11.7. The fraction of sp³-hybridized carbons (Fsp3) is 0.0625. The van der Waals surface area contributed by atoms with E-state index < -0.39 is 5.91 Å². The van der Waals surface area contributed by atoms with Gasteiger partial charge >= 0.3 is 0 Å². The normalized spacial score (nSPS) is 13.3. The van der Waals surface area contributed by atoms with E-state index in [0.717, 1.165) is 9.37 Å². The molecule has 0 aromatic heterocycles. The SMILES string of the molecule is CN1C(=O)c2ccc(C(=O)Nc3ccc(Br)cc3)cc2C1=O. The van der Waals surface area contributed by atoms with Crippen LogP contribution in [0, 0.1) is 0 Å². The van der Waals surface area contributed by atoms with Gasteiger partial charge in [-0.3, -0.25) is 19.3 Å². The Hall–Kier alpha value is -2.47. The number of benzene rings is 2. The Labute approximate surface area is 135 Å². The van der Waals surface area contributed by atoms with E-state index in [1.54, 1.807) is 12.1 Å². The molecule has 3 amide bonds. The van der Waals surface area contributed by atoms with Crippen molar-refractivity contribution in [2.75, 3.05) is 12.4 Å². The molecule has 2 aromatic rings. The molecule has 22 heavy (non-hydrogen) atoms. The summed E-state index contributed by atoms with van der Waals surface area (Å²) in [5.74, 6) is -1.07. The van der Waals surface area contributed by atoms with Gasteiger partial charge in [-0.1, -0.05) is 15.9 Å². The first-order chi connectivity index (χ1) is 10.5. The lowest BCUT2D eigenvalue weighted by Gasteiger charge is -2.06. The Morgan fingerprint density at radius 2 is 1.64 bits per heavy atom.